The van der Waals surface area contributed by atoms with E-state index in [0.717, 1.165) is 18.1 Å². The van der Waals surface area contributed by atoms with Crippen molar-refractivity contribution in [3.8, 4) is 5.75 Å². The number of carbonyl (C=O) groups excluding carboxylic acids is 2. The maximum atomic E-state index is 12.9. The van der Waals surface area contributed by atoms with Crippen LogP contribution in [0.4, 0.5) is 0 Å². The lowest BCUT2D eigenvalue weighted by molar-refractivity contribution is 0.0230. The Morgan fingerprint density at radius 1 is 1.03 bits per heavy atom. The summed E-state index contributed by atoms with van der Waals surface area (Å²) in [6.07, 6.45) is 0.936. The van der Waals surface area contributed by atoms with Crippen LogP contribution >= 0.6 is 0 Å². The van der Waals surface area contributed by atoms with Gasteiger partial charge in [0.15, 0.2) is 5.43 Å². The predicted molar refractivity (Wildman–Crippen MR) is 119 cm³/mol. The second-order valence-corrected chi connectivity index (χ2v) is 7.27. The number of ether oxygens (including phenoxy) is 3. The van der Waals surface area contributed by atoms with Crippen LogP contribution in [0.2, 0.25) is 0 Å². The van der Waals surface area contributed by atoms with Gasteiger partial charge in [0.2, 0.25) is 5.76 Å². The fourth-order valence-corrected chi connectivity index (χ4v) is 3.24. The van der Waals surface area contributed by atoms with Crippen molar-refractivity contribution in [1.29, 1.82) is 0 Å². The van der Waals surface area contributed by atoms with E-state index in [1.54, 1.807) is 50.2 Å². The van der Waals surface area contributed by atoms with E-state index in [2.05, 4.69) is 0 Å². The van der Waals surface area contributed by atoms with E-state index in [4.69, 9.17) is 18.6 Å². The van der Waals surface area contributed by atoms with Crippen molar-refractivity contribution >= 4 is 22.9 Å². The largest absolute Gasteiger partial charge is 0.489 e. The molecule has 0 saturated heterocycles. The summed E-state index contributed by atoms with van der Waals surface area (Å²) >= 11 is 0. The number of aryl methyl sites for hydroxylation is 1. The molecule has 0 N–H and O–H groups in total. The summed E-state index contributed by atoms with van der Waals surface area (Å²) in [6.45, 7) is 5.60. The van der Waals surface area contributed by atoms with Crippen LogP contribution in [0, 0.1) is 0 Å². The van der Waals surface area contributed by atoms with Crippen LogP contribution in [0.3, 0.4) is 0 Å². The molecule has 1 unspecified atom stereocenters. The minimum atomic E-state index is -0.693. The summed E-state index contributed by atoms with van der Waals surface area (Å²) in [5.41, 5.74) is 1.13. The van der Waals surface area contributed by atoms with Crippen molar-refractivity contribution in [3.05, 3.63) is 75.6 Å². The first kappa shape index (κ1) is 23.1. The molecule has 3 rings (SSSR count). The summed E-state index contributed by atoms with van der Waals surface area (Å²) in [7, 11) is 0. The first-order chi connectivity index (χ1) is 15.4. The monoisotopic (exact) mass is 438 g/mol. The van der Waals surface area contributed by atoms with E-state index in [-0.39, 0.29) is 24.4 Å². The van der Waals surface area contributed by atoms with E-state index < -0.39 is 23.5 Å². The zero-order chi connectivity index (χ0) is 23.1. The third-order valence-corrected chi connectivity index (χ3v) is 4.71. The molecule has 0 amide bonds. The average molecular weight is 438 g/mol. The molecule has 0 aliphatic rings. The Bertz CT molecular complexity index is 1150. The number of hydrogen-bond donors (Lipinski definition) is 0. The third kappa shape index (κ3) is 5.35. The topological polar surface area (TPSA) is 92.0 Å². The van der Waals surface area contributed by atoms with Gasteiger partial charge < -0.3 is 18.6 Å². The van der Waals surface area contributed by atoms with Crippen LogP contribution in [0.5, 0.6) is 5.75 Å². The molecule has 32 heavy (non-hydrogen) atoms. The molecule has 3 aromatic rings. The van der Waals surface area contributed by atoms with E-state index >= 15 is 0 Å². The van der Waals surface area contributed by atoms with Crippen LogP contribution in [0.15, 0.2) is 57.7 Å². The lowest BCUT2D eigenvalue weighted by Crippen LogP contribution is -2.22. The lowest BCUT2D eigenvalue weighted by atomic mass is 10.1. The zero-order valence-electron chi connectivity index (χ0n) is 18.4. The fraction of sp³-hybridized carbons (Fsp3) is 0.320. The molecule has 0 aliphatic heterocycles. The molecule has 7 heteroatoms. The molecule has 2 aromatic carbocycles. The molecule has 7 nitrogen and oxygen atoms in total. The molecule has 0 aliphatic carbocycles. The molecular formula is C25H26O7. The first-order valence-corrected chi connectivity index (χ1v) is 10.6. The Kier molecular flexibility index (Phi) is 7.65. The van der Waals surface area contributed by atoms with Gasteiger partial charge in [0, 0.05) is 6.07 Å². The minimum Gasteiger partial charge on any atom is -0.489 e. The summed E-state index contributed by atoms with van der Waals surface area (Å²) in [4.78, 5) is 37.2. The summed E-state index contributed by atoms with van der Waals surface area (Å²) in [5, 5.41) is 0.241. The predicted octanol–water partition coefficient (Wildman–Crippen LogP) is 4.55. The number of hydrogen-bond acceptors (Lipinski definition) is 7. The highest BCUT2D eigenvalue weighted by molar-refractivity contribution is 5.92. The van der Waals surface area contributed by atoms with Crippen molar-refractivity contribution < 1.29 is 28.2 Å². The van der Waals surface area contributed by atoms with Crippen LogP contribution in [-0.4, -0.2) is 31.3 Å². The van der Waals surface area contributed by atoms with Crippen LogP contribution < -0.4 is 10.2 Å². The quantitative estimate of drug-likeness (QED) is 0.453. The minimum absolute atomic E-state index is 0.0415. The van der Waals surface area contributed by atoms with Gasteiger partial charge in [0.05, 0.1) is 12.2 Å². The van der Waals surface area contributed by atoms with E-state index in [1.165, 1.54) is 0 Å². The highest BCUT2D eigenvalue weighted by Crippen LogP contribution is 2.28. The van der Waals surface area contributed by atoms with Gasteiger partial charge in [0.25, 0.3) is 0 Å². The highest BCUT2D eigenvalue weighted by atomic mass is 16.6. The number of rotatable bonds is 9. The van der Waals surface area contributed by atoms with Gasteiger partial charge >= 0.3 is 11.9 Å². The number of fused-ring (bicyclic) bond motifs is 1. The van der Waals surface area contributed by atoms with Gasteiger partial charge in [-0.05, 0) is 44.0 Å². The maximum Gasteiger partial charge on any atom is 0.374 e. The van der Waals surface area contributed by atoms with Gasteiger partial charge in [-0.3, -0.25) is 4.79 Å². The number of esters is 2. The second kappa shape index (κ2) is 10.6. The summed E-state index contributed by atoms with van der Waals surface area (Å²) < 4.78 is 22.0. The van der Waals surface area contributed by atoms with Crippen molar-refractivity contribution in [2.45, 2.75) is 39.7 Å². The Morgan fingerprint density at radius 3 is 2.47 bits per heavy atom. The molecule has 1 atom stereocenters. The van der Waals surface area contributed by atoms with Crippen LogP contribution in [-0.2, 0) is 15.9 Å². The van der Waals surface area contributed by atoms with E-state index in [9.17, 15) is 14.4 Å². The second-order valence-electron chi connectivity index (χ2n) is 7.27. The van der Waals surface area contributed by atoms with Gasteiger partial charge in [-0.25, -0.2) is 9.59 Å². The Morgan fingerprint density at radius 2 is 1.78 bits per heavy atom. The molecule has 168 valence electrons. The van der Waals surface area contributed by atoms with Crippen molar-refractivity contribution in [2.24, 2.45) is 0 Å². The molecule has 0 saturated carbocycles. The molecular weight excluding hydrogens is 412 g/mol. The molecule has 0 fully saturated rings. The highest BCUT2D eigenvalue weighted by Gasteiger charge is 2.19. The lowest BCUT2D eigenvalue weighted by Gasteiger charge is -2.16. The average Bonchev–Trinajstić information content (AvgIpc) is 2.79. The number of carbonyl (C=O) groups is 2. The first-order valence-electron chi connectivity index (χ1n) is 10.6. The van der Waals surface area contributed by atoms with Crippen LogP contribution in [0.1, 0.15) is 53.7 Å². The fourth-order valence-electron chi connectivity index (χ4n) is 3.24. The Balaban J connectivity index is 1.85. The van der Waals surface area contributed by atoms with Gasteiger partial charge in [-0.15, -0.1) is 0 Å². The molecule has 0 radical (unpaired) electrons. The molecule has 0 bridgehead atoms. The molecule has 1 heterocycles. The van der Waals surface area contributed by atoms with Gasteiger partial charge in [0.1, 0.15) is 29.4 Å². The SMILES string of the molecule is CCCc1ccc(OCC(C)OC(=O)c2ccccc2)c2c(=O)cc(C(=O)OCC)oc12. The smallest absolute Gasteiger partial charge is 0.374 e. The third-order valence-electron chi connectivity index (χ3n) is 4.71. The Labute approximate surface area is 185 Å². The summed E-state index contributed by atoms with van der Waals surface area (Å²) in [6, 6.07) is 13.3. The van der Waals surface area contributed by atoms with Crippen LogP contribution in [0.25, 0.3) is 11.0 Å². The Hall–Kier alpha value is -3.61. The normalized spacial score (nSPS) is 11.7. The van der Waals surface area contributed by atoms with E-state index in [1.807, 2.05) is 13.0 Å². The molecule has 0 spiro atoms. The maximum absolute atomic E-state index is 12.9. The molecule has 1 aromatic heterocycles. The summed E-state index contributed by atoms with van der Waals surface area (Å²) in [5.74, 6) is -0.999. The van der Waals surface area contributed by atoms with E-state index in [0.29, 0.717) is 23.3 Å². The zero-order valence-corrected chi connectivity index (χ0v) is 18.4. The van der Waals surface area contributed by atoms with Crippen molar-refractivity contribution in [2.75, 3.05) is 13.2 Å². The van der Waals surface area contributed by atoms with Gasteiger partial charge in [-0.1, -0.05) is 37.6 Å². The van der Waals surface area contributed by atoms with Crippen molar-refractivity contribution in [1.82, 2.24) is 0 Å². The number of benzene rings is 2. The van der Waals surface area contributed by atoms with Crippen molar-refractivity contribution in [3.63, 3.8) is 0 Å². The van der Waals surface area contributed by atoms with Gasteiger partial charge in [-0.2, -0.15) is 0 Å². The standard InChI is InChI=1S/C25H26O7/c1-4-9-17-12-13-20(22-19(26)14-21(32-23(17)22)25(28)29-5-2)30-15-16(3)31-24(27)18-10-7-6-8-11-18/h6-8,10-14,16H,4-5,9,15H2,1-3H3.